The SMILES string of the molecule is O=C1OCCN1C/C(I)=C(I)/C(I)=C(\I)CN1CCOC1=O. The molecule has 0 spiro atoms. The molecule has 22 heavy (non-hydrogen) atoms. The second-order valence-electron chi connectivity index (χ2n) is 4.51. The maximum absolute atomic E-state index is 11.5. The van der Waals surface area contributed by atoms with Crippen LogP contribution in [-0.4, -0.2) is 61.4 Å². The van der Waals surface area contributed by atoms with Gasteiger partial charge < -0.3 is 9.47 Å². The van der Waals surface area contributed by atoms with E-state index in [1.807, 2.05) is 0 Å². The first-order valence-electron chi connectivity index (χ1n) is 6.32. The van der Waals surface area contributed by atoms with E-state index >= 15 is 0 Å². The molecule has 6 nitrogen and oxygen atoms in total. The quantitative estimate of drug-likeness (QED) is 0.314. The van der Waals surface area contributed by atoms with Crippen LogP contribution in [0.2, 0.25) is 0 Å². The van der Waals surface area contributed by atoms with Crippen molar-refractivity contribution in [2.75, 3.05) is 39.4 Å². The number of allylic oxidation sites excluding steroid dienone is 2. The van der Waals surface area contributed by atoms with E-state index in [2.05, 4.69) is 90.4 Å². The Balaban J connectivity index is 2.05. The van der Waals surface area contributed by atoms with Crippen LogP contribution in [0.4, 0.5) is 9.59 Å². The van der Waals surface area contributed by atoms with E-state index in [1.165, 1.54) is 0 Å². The first-order chi connectivity index (χ1) is 10.4. The van der Waals surface area contributed by atoms with Crippen molar-refractivity contribution in [3.8, 4) is 0 Å². The van der Waals surface area contributed by atoms with Crippen LogP contribution in [0.1, 0.15) is 0 Å². The Morgan fingerprint density at radius 1 is 0.818 bits per heavy atom. The second kappa shape index (κ2) is 8.87. The summed E-state index contributed by atoms with van der Waals surface area (Å²) in [5.41, 5.74) is 0. The van der Waals surface area contributed by atoms with Crippen molar-refractivity contribution in [1.29, 1.82) is 0 Å². The van der Waals surface area contributed by atoms with Gasteiger partial charge in [0, 0.05) is 14.3 Å². The summed E-state index contributed by atoms with van der Waals surface area (Å²) in [4.78, 5) is 26.4. The van der Waals surface area contributed by atoms with Crippen LogP contribution >= 0.6 is 90.4 Å². The Bertz CT molecular complexity index is 501. The number of nitrogens with zero attached hydrogens (tertiary/aromatic N) is 2. The van der Waals surface area contributed by atoms with Crippen molar-refractivity contribution in [2.24, 2.45) is 0 Å². The fourth-order valence-corrected chi connectivity index (χ4v) is 5.24. The monoisotopic (exact) mass is 756 g/mol. The molecule has 0 aromatic rings. The largest absolute Gasteiger partial charge is 0.448 e. The van der Waals surface area contributed by atoms with Gasteiger partial charge in [0.2, 0.25) is 0 Å². The van der Waals surface area contributed by atoms with E-state index < -0.39 is 0 Å². The van der Waals surface area contributed by atoms with Gasteiger partial charge >= 0.3 is 12.2 Å². The van der Waals surface area contributed by atoms with Crippen LogP contribution in [0.5, 0.6) is 0 Å². The lowest BCUT2D eigenvalue weighted by Gasteiger charge is -2.16. The summed E-state index contributed by atoms with van der Waals surface area (Å²) in [6.45, 7) is 3.29. The maximum atomic E-state index is 11.5. The summed E-state index contributed by atoms with van der Waals surface area (Å²) in [7, 11) is 0. The molecule has 0 aromatic heterocycles. The van der Waals surface area contributed by atoms with E-state index in [-0.39, 0.29) is 12.2 Å². The maximum Gasteiger partial charge on any atom is 0.410 e. The molecule has 2 aliphatic rings. The molecule has 2 rings (SSSR count). The zero-order valence-corrected chi connectivity index (χ0v) is 19.9. The van der Waals surface area contributed by atoms with Gasteiger partial charge in [0.15, 0.2) is 0 Å². The van der Waals surface area contributed by atoms with Crippen molar-refractivity contribution in [2.45, 2.75) is 0 Å². The number of cyclic esters (lactones) is 2. The molecule has 2 saturated heterocycles. The Hall–Kier alpha value is 0.940. The smallest absolute Gasteiger partial charge is 0.410 e. The summed E-state index contributed by atoms with van der Waals surface area (Å²) in [5, 5.41) is 0. The molecule has 0 aliphatic carbocycles. The third kappa shape index (κ3) is 4.97. The highest BCUT2D eigenvalue weighted by Gasteiger charge is 2.25. The molecule has 2 heterocycles. The first kappa shape index (κ1) is 19.3. The fourth-order valence-electron chi connectivity index (χ4n) is 1.85. The third-order valence-corrected chi connectivity index (χ3v) is 10.3. The second-order valence-corrected chi connectivity index (χ2v) is 9.27. The topological polar surface area (TPSA) is 59.1 Å². The molecule has 2 amide bonds. The summed E-state index contributed by atoms with van der Waals surface area (Å²) in [6.07, 6.45) is -0.515. The molecule has 0 radical (unpaired) electrons. The summed E-state index contributed by atoms with van der Waals surface area (Å²) < 4.78 is 14.2. The average molecular weight is 756 g/mol. The molecule has 2 aliphatic heterocycles. The Morgan fingerprint density at radius 2 is 1.18 bits per heavy atom. The first-order valence-corrected chi connectivity index (χ1v) is 10.6. The fraction of sp³-hybridized carbons (Fsp3) is 0.500. The number of ether oxygens (including phenoxy) is 2. The molecular weight excluding hydrogens is 744 g/mol. The minimum Gasteiger partial charge on any atom is -0.448 e. The van der Waals surface area contributed by atoms with Crippen molar-refractivity contribution in [1.82, 2.24) is 9.80 Å². The predicted octanol–water partition coefficient (Wildman–Crippen LogP) is 4.05. The van der Waals surface area contributed by atoms with E-state index in [9.17, 15) is 9.59 Å². The number of hydrogen-bond acceptors (Lipinski definition) is 4. The molecule has 0 atom stereocenters. The van der Waals surface area contributed by atoms with Crippen molar-refractivity contribution >= 4 is 103 Å². The number of hydrogen-bond donors (Lipinski definition) is 0. The summed E-state index contributed by atoms with van der Waals surface area (Å²) in [6, 6.07) is 0. The van der Waals surface area contributed by atoms with Crippen molar-refractivity contribution < 1.29 is 19.1 Å². The van der Waals surface area contributed by atoms with Crippen LogP contribution in [0.3, 0.4) is 0 Å². The van der Waals surface area contributed by atoms with E-state index in [1.54, 1.807) is 9.80 Å². The molecule has 0 aromatic carbocycles. The highest BCUT2D eigenvalue weighted by Crippen LogP contribution is 2.36. The standard InChI is InChI=1S/C12H12I4N2O4/c13-7(5-17-1-3-21-11(17)19)9(15)10(16)8(14)6-18-2-4-22-12(18)20/h1-6H2/b9-7+,10-8+. The number of amides is 2. The average Bonchev–Trinajstić information content (AvgIpc) is 3.07. The van der Waals surface area contributed by atoms with Gasteiger partial charge in [-0.2, -0.15) is 0 Å². The Morgan fingerprint density at radius 3 is 1.45 bits per heavy atom. The molecule has 10 heteroatoms. The Kier molecular flexibility index (Phi) is 7.76. The van der Waals surface area contributed by atoms with E-state index in [4.69, 9.17) is 9.47 Å². The van der Waals surface area contributed by atoms with Gasteiger partial charge in [-0.3, -0.25) is 9.80 Å². The molecule has 2 fully saturated rings. The van der Waals surface area contributed by atoms with Gasteiger partial charge in [-0.25, -0.2) is 9.59 Å². The van der Waals surface area contributed by atoms with E-state index in [0.717, 1.165) is 14.3 Å². The molecule has 0 N–H and O–H groups in total. The highest BCUT2D eigenvalue weighted by atomic mass is 127. The van der Waals surface area contributed by atoms with Crippen LogP contribution < -0.4 is 0 Å². The highest BCUT2D eigenvalue weighted by molar-refractivity contribution is 14.1. The minimum atomic E-state index is -0.258. The number of halogens is 4. The lowest BCUT2D eigenvalue weighted by atomic mass is 10.4. The molecule has 0 bridgehead atoms. The summed E-state index contributed by atoms with van der Waals surface area (Å²) in [5.74, 6) is 0. The Labute approximate surface area is 182 Å². The number of carbonyl (C=O) groups is 2. The zero-order valence-electron chi connectivity index (χ0n) is 11.3. The van der Waals surface area contributed by atoms with Crippen LogP contribution in [0.15, 0.2) is 14.3 Å². The molecular formula is C12H12I4N2O4. The number of carbonyl (C=O) groups excluding carboxylic acids is 2. The van der Waals surface area contributed by atoms with Crippen LogP contribution in [0, 0.1) is 0 Å². The zero-order chi connectivity index (χ0) is 16.3. The third-order valence-electron chi connectivity index (χ3n) is 3.02. The van der Waals surface area contributed by atoms with Gasteiger partial charge in [0.25, 0.3) is 0 Å². The van der Waals surface area contributed by atoms with Crippen LogP contribution in [0.25, 0.3) is 0 Å². The lowest BCUT2D eigenvalue weighted by Crippen LogP contribution is -2.26. The lowest BCUT2D eigenvalue weighted by molar-refractivity contribution is 0.160. The van der Waals surface area contributed by atoms with Gasteiger partial charge in [-0.15, -0.1) is 0 Å². The molecule has 0 unspecified atom stereocenters. The predicted molar refractivity (Wildman–Crippen MR) is 116 cm³/mol. The minimum absolute atomic E-state index is 0.258. The van der Waals surface area contributed by atoms with E-state index in [0.29, 0.717) is 39.4 Å². The summed E-state index contributed by atoms with van der Waals surface area (Å²) >= 11 is 9.08. The number of rotatable bonds is 5. The molecule has 122 valence electrons. The normalized spacial score (nSPS) is 20.7. The van der Waals surface area contributed by atoms with Gasteiger partial charge in [0.05, 0.1) is 26.2 Å². The van der Waals surface area contributed by atoms with Crippen molar-refractivity contribution in [3.05, 3.63) is 14.3 Å². The van der Waals surface area contributed by atoms with Crippen LogP contribution in [-0.2, 0) is 9.47 Å². The molecule has 0 saturated carbocycles. The van der Waals surface area contributed by atoms with Crippen molar-refractivity contribution in [3.63, 3.8) is 0 Å². The van der Waals surface area contributed by atoms with Gasteiger partial charge in [-0.1, -0.05) is 0 Å². The van der Waals surface area contributed by atoms with Gasteiger partial charge in [-0.05, 0) is 90.4 Å². The van der Waals surface area contributed by atoms with Gasteiger partial charge in [0.1, 0.15) is 13.2 Å².